The lowest BCUT2D eigenvalue weighted by Gasteiger charge is -2.13. The number of methoxy groups -OCH3 is 1. The first-order valence-electron chi connectivity index (χ1n) is 9.61. The Kier molecular flexibility index (Phi) is 6.21. The number of aliphatic hydroxyl groups is 1. The summed E-state index contributed by atoms with van der Waals surface area (Å²) in [7, 11) is 3.56. The van der Waals surface area contributed by atoms with Gasteiger partial charge in [-0.2, -0.15) is 0 Å². The maximum absolute atomic E-state index is 10.4. The fourth-order valence-corrected chi connectivity index (χ4v) is 3.97. The molecule has 30 heavy (non-hydrogen) atoms. The third-order valence-electron chi connectivity index (χ3n) is 4.77. The van der Waals surface area contributed by atoms with Crippen molar-refractivity contribution in [2.45, 2.75) is 11.3 Å². The average Bonchev–Trinajstić information content (AvgIpc) is 3.16. The summed E-state index contributed by atoms with van der Waals surface area (Å²) in [6.45, 7) is 0.212. The van der Waals surface area contributed by atoms with Crippen molar-refractivity contribution in [3.63, 3.8) is 0 Å². The molecule has 0 radical (unpaired) electrons. The van der Waals surface area contributed by atoms with E-state index in [2.05, 4.69) is 10.2 Å². The van der Waals surface area contributed by atoms with Crippen LogP contribution in [0.2, 0.25) is 0 Å². The minimum Gasteiger partial charge on any atom is -0.497 e. The Balaban J connectivity index is 1.36. The highest BCUT2D eigenvalue weighted by Gasteiger charge is 2.14. The molecule has 0 aliphatic heterocycles. The number of aliphatic hydroxyl groups excluding tert-OH is 1. The summed E-state index contributed by atoms with van der Waals surface area (Å²) < 4.78 is 13.0. The maximum Gasteiger partial charge on any atom is 0.191 e. The molecule has 0 amide bonds. The number of benzene rings is 3. The van der Waals surface area contributed by atoms with E-state index in [1.807, 2.05) is 78.3 Å². The van der Waals surface area contributed by atoms with Gasteiger partial charge in [-0.1, -0.05) is 48.2 Å². The number of rotatable bonds is 8. The van der Waals surface area contributed by atoms with Gasteiger partial charge in [0, 0.05) is 23.8 Å². The minimum absolute atomic E-state index is 0.212. The molecule has 0 bridgehead atoms. The molecule has 3 aromatic carbocycles. The van der Waals surface area contributed by atoms with Crippen LogP contribution in [0.3, 0.4) is 0 Å². The summed E-state index contributed by atoms with van der Waals surface area (Å²) in [5.74, 6) is 2.79. The van der Waals surface area contributed by atoms with Crippen LogP contribution in [0.1, 0.15) is 0 Å². The largest absolute Gasteiger partial charge is 0.497 e. The van der Waals surface area contributed by atoms with Gasteiger partial charge in [-0.05, 0) is 35.7 Å². The number of nitrogens with zero attached hydrogens (tertiary/aromatic N) is 3. The maximum atomic E-state index is 10.4. The van der Waals surface area contributed by atoms with Crippen LogP contribution < -0.4 is 9.47 Å². The molecule has 1 aromatic heterocycles. The van der Waals surface area contributed by atoms with Gasteiger partial charge in [-0.3, -0.25) is 0 Å². The zero-order valence-corrected chi connectivity index (χ0v) is 17.7. The molecule has 1 heterocycles. The van der Waals surface area contributed by atoms with E-state index in [0.717, 1.165) is 38.8 Å². The van der Waals surface area contributed by atoms with Crippen LogP contribution >= 0.6 is 11.8 Å². The highest BCUT2D eigenvalue weighted by atomic mass is 32.2. The molecule has 0 spiro atoms. The van der Waals surface area contributed by atoms with Crippen molar-refractivity contribution in [1.82, 2.24) is 14.8 Å². The van der Waals surface area contributed by atoms with Gasteiger partial charge in [0.25, 0.3) is 0 Å². The topological polar surface area (TPSA) is 69.4 Å². The van der Waals surface area contributed by atoms with E-state index in [1.165, 1.54) is 11.8 Å². The van der Waals surface area contributed by atoms with Crippen LogP contribution in [0.4, 0.5) is 0 Å². The smallest absolute Gasteiger partial charge is 0.191 e. The van der Waals surface area contributed by atoms with Crippen LogP contribution in [0, 0.1) is 0 Å². The Morgan fingerprint density at radius 3 is 2.57 bits per heavy atom. The van der Waals surface area contributed by atoms with Crippen molar-refractivity contribution >= 4 is 22.5 Å². The Morgan fingerprint density at radius 1 is 1.00 bits per heavy atom. The molecular formula is C23H23N3O3S. The fraction of sp³-hybridized carbons (Fsp3) is 0.217. The molecule has 1 N–H and O–H groups in total. The van der Waals surface area contributed by atoms with Crippen LogP contribution in [0.25, 0.3) is 22.2 Å². The molecule has 154 valence electrons. The second kappa shape index (κ2) is 9.19. The lowest BCUT2D eigenvalue weighted by atomic mass is 10.1. The quantitative estimate of drug-likeness (QED) is 0.431. The van der Waals surface area contributed by atoms with Crippen molar-refractivity contribution in [2.75, 3.05) is 19.5 Å². The highest BCUT2D eigenvalue weighted by molar-refractivity contribution is 7.99. The van der Waals surface area contributed by atoms with Gasteiger partial charge in [0.2, 0.25) is 0 Å². The van der Waals surface area contributed by atoms with Gasteiger partial charge in [-0.15, -0.1) is 10.2 Å². The lowest BCUT2D eigenvalue weighted by molar-refractivity contribution is 0.127. The summed E-state index contributed by atoms with van der Waals surface area (Å²) in [5, 5.41) is 21.8. The molecule has 7 heteroatoms. The van der Waals surface area contributed by atoms with Gasteiger partial charge in [-0.25, -0.2) is 0 Å². The van der Waals surface area contributed by atoms with E-state index in [-0.39, 0.29) is 6.61 Å². The molecule has 0 saturated heterocycles. The predicted molar refractivity (Wildman–Crippen MR) is 119 cm³/mol. The van der Waals surface area contributed by atoms with Crippen LogP contribution in [-0.2, 0) is 7.05 Å². The SMILES string of the molecule is COc1ccc(-c2nnc(SCC(O)COc3cccc4ccccc34)n2C)cc1. The van der Waals surface area contributed by atoms with E-state index >= 15 is 0 Å². The van der Waals surface area contributed by atoms with Crippen LogP contribution in [0.15, 0.2) is 71.9 Å². The van der Waals surface area contributed by atoms with Gasteiger partial charge >= 0.3 is 0 Å². The molecule has 0 aliphatic carbocycles. The Hall–Kier alpha value is -3.03. The van der Waals surface area contributed by atoms with E-state index in [1.54, 1.807) is 7.11 Å². The number of thioether (sulfide) groups is 1. The second-order valence-corrected chi connectivity index (χ2v) is 7.83. The number of ether oxygens (including phenoxy) is 2. The molecule has 0 fully saturated rings. The zero-order chi connectivity index (χ0) is 20.9. The number of fused-ring (bicyclic) bond motifs is 1. The number of hydrogen-bond donors (Lipinski definition) is 1. The lowest BCUT2D eigenvalue weighted by Crippen LogP contribution is -2.20. The van der Waals surface area contributed by atoms with Crippen molar-refractivity contribution in [3.8, 4) is 22.9 Å². The van der Waals surface area contributed by atoms with E-state index < -0.39 is 6.10 Å². The fourth-order valence-electron chi connectivity index (χ4n) is 3.16. The molecule has 4 rings (SSSR count). The van der Waals surface area contributed by atoms with Crippen LogP contribution in [-0.4, -0.2) is 45.4 Å². The van der Waals surface area contributed by atoms with Crippen LogP contribution in [0.5, 0.6) is 11.5 Å². The standard InChI is InChI=1S/C23H23N3O3S/c1-26-22(17-10-12-19(28-2)13-11-17)24-25-23(26)30-15-18(27)14-29-21-9-5-7-16-6-3-4-8-20(16)21/h3-13,18,27H,14-15H2,1-2H3. The van der Waals surface area contributed by atoms with Gasteiger partial charge in [0.15, 0.2) is 11.0 Å². The number of aromatic nitrogens is 3. The summed E-state index contributed by atoms with van der Waals surface area (Å²) in [6, 6.07) is 21.7. The van der Waals surface area contributed by atoms with E-state index in [9.17, 15) is 5.11 Å². The average molecular weight is 422 g/mol. The molecule has 0 aliphatic rings. The third-order valence-corrected chi connectivity index (χ3v) is 5.93. The normalized spacial score (nSPS) is 12.1. The van der Waals surface area contributed by atoms with Gasteiger partial charge < -0.3 is 19.1 Å². The molecule has 4 aromatic rings. The van der Waals surface area contributed by atoms with E-state index in [0.29, 0.717) is 5.75 Å². The first-order chi connectivity index (χ1) is 14.7. The Bertz CT molecular complexity index is 1120. The summed E-state index contributed by atoms with van der Waals surface area (Å²) >= 11 is 1.45. The number of hydrogen-bond acceptors (Lipinski definition) is 6. The summed E-state index contributed by atoms with van der Waals surface area (Å²) in [6.07, 6.45) is -0.630. The molecular weight excluding hydrogens is 398 g/mol. The molecule has 1 unspecified atom stereocenters. The Labute approximate surface area is 179 Å². The highest BCUT2D eigenvalue weighted by Crippen LogP contribution is 2.27. The van der Waals surface area contributed by atoms with Crippen molar-refractivity contribution in [2.24, 2.45) is 7.05 Å². The molecule has 0 saturated carbocycles. The molecule has 1 atom stereocenters. The third kappa shape index (κ3) is 4.42. The first-order valence-corrected chi connectivity index (χ1v) is 10.6. The molecule has 6 nitrogen and oxygen atoms in total. The summed E-state index contributed by atoms with van der Waals surface area (Å²) in [4.78, 5) is 0. The predicted octanol–water partition coefficient (Wildman–Crippen LogP) is 4.18. The van der Waals surface area contributed by atoms with E-state index in [4.69, 9.17) is 9.47 Å². The van der Waals surface area contributed by atoms with Crippen molar-refractivity contribution in [3.05, 3.63) is 66.7 Å². The monoisotopic (exact) mass is 421 g/mol. The van der Waals surface area contributed by atoms with Gasteiger partial charge in [0.05, 0.1) is 13.2 Å². The minimum atomic E-state index is -0.630. The Morgan fingerprint density at radius 2 is 1.77 bits per heavy atom. The summed E-state index contributed by atoms with van der Waals surface area (Å²) in [5.41, 5.74) is 0.956. The second-order valence-electron chi connectivity index (χ2n) is 6.85. The zero-order valence-electron chi connectivity index (χ0n) is 16.9. The van der Waals surface area contributed by atoms with Gasteiger partial charge in [0.1, 0.15) is 18.1 Å². The van der Waals surface area contributed by atoms with Crippen molar-refractivity contribution < 1.29 is 14.6 Å². The first kappa shape index (κ1) is 20.3. The van der Waals surface area contributed by atoms with Crippen molar-refractivity contribution in [1.29, 1.82) is 0 Å².